The van der Waals surface area contributed by atoms with Gasteiger partial charge in [0.2, 0.25) is 0 Å². The second kappa shape index (κ2) is 14.6. The van der Waals surface area contributed by atoms with Gasteiger partial charge >= 0.3 is 0 Å². The van der Waals surface area contributed by atoms with Gasteiger partial charge in [-0.3, -0.25) is 9.80 Å². The maximum atomic E-state index is 6.22. The summed E-state index contributed by atoms with van der Waals surface area (Å²) >= 11 is 0. The number of morpholine rings is 2. The third-order valence-corrected chi connectivity index (χ3v) is 9.61. The Bertz CT molecular complexity index is 1460. The molecule has 4 aliphatic heterocycles. The number of nitrogen functional groups attached to an aromatic ring is 2. The quantitative estimate of drug-likeness (QED) is 0.241. The molecule has 8 heterocycles. The molecule has 46 heavy (non-hydrogen) atoms. The molecule has 4 saturated heterocycles. The Hall–Kier alpha value is -3.40. The first kappa shape index (κ1) is 31.2. The van der Waals surface area contributed by atoms with Gasteiger partial charge < -0.3 is 31.6 Å². The van der Waals surface area contributed by atoms with Gasteiger partial charge in [0.15, 0.2) is 11.3 Å². The van der Waals surface area contributed by atoms with Crippen LogP contribution in [0.2, 0.25) is 0 Å². The van der Waals surface area contributed by atoms with Crippen LogP contribution in [-0.4, -0.2) is 118 Å². The number of aromatic nitrogens is 6. The summed E-state index contributed by atoms with van der Waals surface area (Å²) < 4.78 is 14.4. The Morgan fingerprint density at radius 2 is 1.11 bits per heavy atom. The fourth-order valence-electron chi connectivity index (χ4n) is 6.95. The van der Waals surface area contributed by atoms with Gasteiger partial charge in [0.25, 0.3) is 0 Å². The summed E-state index contributed by atoms with van der Waals surface area (Å²) in [5.41, 5.74) is 18.7. The number of fused-ring (bicyclic) bond motifs is 2. The normalized spacial score (nSPS) is 23.4. The predicted molar refractivity (Wildman–Crippen MR) is 177 cm³/mol. The maximum absolute atomic E-state index is 6.22. The number of nitrogens with two attached hydrogens (primary N) is 2. The minimum absolute atomic E-state index is 0.446. The first-order valence-corrected chi connectivity index (χ1v) is 16.9. The highest BCUT2D eigenvalue weighted by Gasteiger charge is 2.22. The largest absolute Gasteiger partial charge is 0.384 e. The van der Waals surface area contributed by atoms with E-state index in [0.29, 0.717) is 23.5 Å². The van der Waals surface area contributed by atoms with Gasteiger partial charge in [-0.1, -0.05) is 0 Å². The second-order valence-electron chi connectivity index (χ2n) is 12.9. The minimum Gasteiger partial charge on any atom is -0.384 e. The lowest BCUT2D eigenvalue weighted by Gasteiger charge is -2.26. The van der Waals surface area contributed by atoms with Crippen molar-refractivity contribution in [1.29, 1.82) is 0 Å². The van der Waals surface area contributed by atoms with Gasteiger partial charge in [-0.2, -0.15) is 19.2 Å². The molecule has 0 amide bonds. The van der Waals surface area contributed by atoms with Crippen LogP contribution in [0.5, 0.6) is 0 Å². The first-order chi connectivity index (χ1) is 22.6. The zero-order valence-corrected chi connectivity index (χ0v) is 26.7. The lowest BCUT2D eigenvalue weighted by Crippen LogP contribution is -2.35. The molecule has 6 N–H and O–H groups in total. The topological polar surface area (TPSA) is 161 Å². The number of hydrogen-bond donors (Lipinski definition) is 4. The third kappa shape index (κ3) is 7.11. The molecule has 0 radical (unpaired) electrons. The van der Waals surface area contributed by atoms with Crippen LogP contribution < -0.4 is 22.1 Å². The monoisotopic (exact) mass is 632 g/mol. The van der Waals surface area contributed by atoms with Crippen molar-refractivity contribution in [3.63, 3.8) is 0 Å². The van der Waals surface area contributed by atoms with Crippen LogP contribution in [0.4, 0.5) is 11.6 Å². The third-order valence-electron chi connectivity index (χ3n) is 9.61. The van der Waals surface area contributed by atoms with Crippen LogP contribution in [0.1, 0.15) is 60.0 Å². The SMILES string of the molecule is Nc1cc(C2CCCNC2)nc2c(CN3CCOCC3)cnn12.Nc1cc(C2CCCNC2)nc2c(CN3CCOCC3)cnn12. The lowest BCUT2D eigenvalue weighted by molar-refractivity contribution is 0.0343. The summed E-state index contributed by atoms with van der Waals surface area (Å²) in [6.07, 6.45) is 8.52. The van der Waals surface area contributed by atoms with Gasteiger partial charge in [-0.25, -0.2) is 9.97 Å². The number of nitrogens with zero attached hydrogens (tertiary/aromatic N) is 8. The maximum Gasteiger partial charge on any atom is 0.162 e. The van der Waals surface area contributed by atoms with E-state index in [1.807, 2.05) is 24.5 Å². The summed E-state index contributed by atoms with van der Waals surface area (Å²) in [5, 5.41) is 15.8. The van der Waals surface area contributed by atoms with E-state index in [2.05, 4.69) is 30.6 Å². The van der Waals surface area contributed by atoms with E-state index >= 15 is 0 Å². The van der Waals surface area contributed by atoms with Crippen molar-refractivity contribution in [3.8, 4) is 0 Å². The van der Waals surface area contributed by atoms with Crippen molar-refractivity contribution in [1.82, 2.24) is 49.6 Å². The van der Waals surface area contributed by atoms with E-state index < -0.39 is 0 Å². The number of ether oxygens (including phenoxy) is 2. The molecule has 4 fully saturated rings. The molecule has 14 heteroatoms. The Balaban J connectivity index is 0.000000147. The molecule has 0 spiro atoms. The van der Waals surface area contributed by atoms with E-state index in [-0.39, 0.29) is 0 Å². The fourth-order valence-corrected chi connectivity index (χ4v) is 6.95. The molecule has 0 saturated carbocycles. The summed E-state index contributed by atoms with van der Waals surface area (Å²) in [7, 11) is 0. The summed E-state index contributed by atoms with van der Waals surface area (Å²) in [6.45, 7) is 12.9. The summed E-state index contributed by atoms with van der Waals surface area (Å²) in [5.74, 6) is 2.23. The smallest absolute Gasteiger partial charge is 0.162 e. The standard InChI is InChI=1S/2C16H24N6O/c2*17-15-8-14(12-2-1-3-18-9-12)20-16-13(10-19-22(15)16)11-21-4-6-23-7-5-21/h2*8,10,12,18H,1-7,9,11,17H2. The molecule has 4 aromatic heterocycles. The molecule has 0 aliphatic carbocycles. The molecule has 4 aromatic rings. The van der Waals surface area contributed by atoms with Crippen molar-refractivity contribution in [2.24, 2.45) is 0 Å². The van der Waals surface area contributed by atoms with Crippen LogP contribution in [0.25, 0.3) is 11.3 Å². The van der Waals surface area contributed by atoms with Crippen LogP contribution in [0.15, 0.2) is 24.5 Å². The highest BCUT2D eigenvalue weighted by atomic mass is 16.5. The number of piperidine rings is 2. The van der Waals surface area contributed by atoms with Gasteiger partial charge in [0.1, 0.15) is 11.6 Å². The number of anilines is 2. The van der Waals surface area contributed by atoms with Crippen molar-refractivity contribution in [2.75, 3.05) is 90.3 Å². The summed E-state index contributed by atoms with van der Waals surface area (Å²) in [4.78, 5) is 14.6. The summed E-state index contributed by atoms with van der Waals surface area (Å²) in [6, 6.07) is 3.96. The molecule has 248 valence electrons. The minimum atomic E-state index is 0.446. The van der Waals surface area contributed by atoms with Crippen molar-refractivity contribution in [2.45, 2.75) is 50.6 Å². The van der Waals surface area contributed by atoms with Crippen LogP contribution >= 0.6 is 0 Å². The van der Waals surface area contributed by atoms with E-state index in [1.165, 1.54) is 25.7 Å². The Morgan fingerprint density at radius 1 is 0.674 bits per heavy atom. The van der Waals surface area contributed by atoms with Gasteiger partial charge in [-0.15, -0.1) is 0 Å². The molecule has 0 aromatic carbocycles. The molecule has 8 rings (SSSR count). The van der Waals surface area contributed by atoms with E-state index in [0.717, 1.165) is 126 Å². The number of hydrogen-bond acceptors (Lipinski definition) is 12. The Kier molecular flexibility index (Phi) is 9.89. The van der Waals surface area contributed by atoms with Crippen LogP contribution in [-0.2, 0) is 22.6 Å². The number of nitrogens with one attached hydrogen (secondary N) is 2. The Morgan fingerprint density at radius 3 is 1.50 bits per heavy atom. The number of rotatable bonds is 6. The van der Waals surface area contributed by atoms with Gasteiger partial charge in [-0.05, 0) is 38.8 Å². The molecule has 4 aliphatic rings. The second-order valence-corrected chi connectivity index (χ2v) is 12.9. The van der Waals surface area contributed by atoms with E-state index in [9.17, 15) is 0 Å². The highest BCUT2D eigenvalue weighted by molar-refractivity contribution is 5.54. The van der Waals surface area contributed by atoms with Crippen molar-refractivity contribution in [3.05, 3.63) is 47.0 Å². The molecule has 2 unspecified atom stereocenters. The van der Waals surface area contributed by atoms with Crippen LogP contribution in [0.3, 0.4) is 0 Å². The average Bonchev–Trinajstić information content (AvgIpc) is 3.71. The van der Waals surface area contributed by atoms with Crippen molar-refractivity contribution >= 4 is 22.9 Å². The van der Waals surface area contributed by atoms with Crippen LogP contribution in [0, 0.1) is 0 Å². The lowest BCUT2D eigenvalue weighted by atomic mass is 9.96. The predicted octanol–water partition coefficient (Wildman–Crippen LogP) is 1.22. The molecule has 2 atom stereocenters. The molecule has 14 nitrogen and oxygen atoms in total. The average molecular weight is 633 g/mol. The van der Waals surface area contributed by atoms with E-state index in [1.54, 1.807) is 9.03 Å². The van der Waals surface area contributed by atoms with E-state index in [4.69, 9.17) is 30.9 Å². The molecular formula is C32H48N12O2. The zero-order chi connectivity index (χ0) is 31.3. The first-order valence-electron chi connectivity index (χ1n) is 16.9. The van der Waals surface area contributed by atoms with Gasteiger partial charge in [0.05, 0.1) is 50.2 Å². The van der Waals surface area contributed by atoms with Gasteiger partial charge in [0, 0.05) is 87.5 Å². The van der Waals surface area contributed by atoms with Crippen molar-refractivity contribution < 1.29 is 9.47 Å². The fraction of sp³-hybridized carbons (Fsp3) is 0.625. The molecule has 0 bridgehead atoms. The molecular weight excluding hydrogens is 584 g/mol. The highest BCUT2D eigenvalue weighted by Crippen LogP contribution is 2.27. The Labute approximate surface area is 269 Å². The zero-order valence-electron chi connectivity index (χ0n) is 26.7.